The van der Waals surface area contributed by atoms with Crippen LogP contribution in [0.2, 0.25) is 0 Å². The van der Waals surface area contributed by atoms with Crippen LogP contribution < -0.4 is 4.72 Å². The molecule has 1 aliphatic rings. The summed E-state index contributed by atoms with van der Waals surface area (Å²) in [5.74, 6) is 0.806. The lowest BCUT2D eigenvalue weighted by molar-refractivity contribution is 0.546. The zero-order chi connectivity index (χ0) is 23.0. The van der Waals surface area contributed by atoms with Crippen molar-refractivity contribution >= 4 is 10.0 Å². The van der Waals surface area contributed by atoms with Crippen LogP contribution in [0.25, 0.3) is 33.9 Å². The van der Waals surface area contributed by atoms with Gasteiger partial charge in [-0.2, -0.15) is 0 Å². The van der Waals surface area contributed by atoms with Gasteiger partial charge in [0.1, 0.15) is 5.82 Å². The summed E-state index contributed by atoms with van der Waals surface area (Å²) in [6, 6.07) is 20.0. The van der Waals surface area contributed by atoms with Crippen molar-refractivity contribution in [3.63, 3.8) is 0 Å². The van der Waals surface area contributed by atoms with Crippen LogP contribution in [0.3, 0.4) is 0 Å². The molecule has 168 valence electrons. The Morgan fingerprint density at radius 3 is 2.45 bits per heavy atom. The number of imidazole rings is 1. The average molecular weight is 459 g/mol. The lowest BCUT2D eigenvalue weighted by Crippen LogP contribution is -2.33. The number of nitrogens with zero attached hydrogens (tertiary/aromatic N) is 2. The summed E-state index contributed by atoms with van der Waals surface area (Å²) in [7, 11) is -3.33. The van der Waals surface area contributed by atoms with E-state index in [9.17, 15) is 8.42 Å². The van der Waals surface area contributed by atoms with E-state index in [2.05, 4.69) is 20.8 Å². The van der Waals surface area contributed by atoms with Crippen LogP contribution in [0.4, 0.5) is 0 Å². The van der Waals surface area contributed by atoms with Crippen LogP contribution in [0, 0.1) is 0 Å². The molecule has 2 heterocycles. The van der Waals surface area contributed by atoms with Gasteiger partial charge < -0.3 is 4.98 Å². The van der Waals surface area contributed by atoms with Gasteiger partial charge in [0.15, 0.2) is 0 Å². The number of fused-ring (bicyclic) bond motifs is 1. The maximum Gasteiger partial charge on any atom is 0.214 e. The third-order valence-corrected chi connectivity index (χ3v) is 8.00. The first-order valence-electron chi connectivity index (χ1n) is 11.1. The highest BCUT2D eigenvalue weighted by Crippen LogP contribution is 2.38. The predicted molar refractivity (Wildman–Crippen MR) is 131 cm³/mol. The highest BCUT2D eigenvalue weighted by molar-refractivity contribution is 7.90. The molecular weight excluding hydrogens is 432 g/mol. The number of hydrogen-bond acceptors (Lipinski definition) is 4. The number of H-pyrrole nitrogens is 1. The Morgan fingerprint density at radius 2 is 1.73 bits per heavy atom. The fourth-order valence-electron chi connectivity index (χ4n) is 4.26. The van der Waals surface area contributed by atoms with Gasteiger partial charge >= 0.3 is 0 Å². The number of nitrogens with one attached hydrogen (secondary N) is 2. The van der Waals surface area contributed by atoms with Gasteiger partial charge in [-0.05, 0) is 56.0 Å². The van der Waals surface area contributed by atoms with Crippen molar-refractivity contribution in [1.29, 1.82) is 0 Å². The second kappa shape index (κ2) is 8.57. The number of pyridine rings is 1. The maximum atomic E-state index is 12.4. The first-order valence-corrected chi connectivity index (χ1v) is 12.7. The van der Waals surface area contributed by atoms with Crippen molar-refractivity contribution in [2.75, 3.05) is 0 Å². The topological polar surface area (TPSA) is 87.7 Å². The normalized spacial score (nSPS) is 15.7. The highest BCUT2D eigenvalue weighted by Gasteiger charge is 2.29. The molecule has 1 atom stereocenters. The van der Waals surface area contributed by atoms with Gasteiger partial charge in [-0.3, -0.25) is 4.98 Å². The summed E-state index contributed by atoms with van der Waals surface area (Å²) in [4.78, 5) is 12.6. The van der Waals surface area contributed by atoms with Crippen molar-refractivity contribution in [2.24, 2.45) is 0 Å². The molecule has 0 spiro atoms. The number of aromatic nitrogens is 3. The number of hydrogen-bond donors (Lipinski definition) is 2. The SMILES string of the molecule is CC(C)S(=O)(=O)NC1CCc2cc(-c3nc(-c4ccccc4)[nH]c3-c3ccncc3)ccc21. The number of aromatic amines is 1. The molecule has 33 heavy (non-hydrogen) atoms. The van der Waals surface area contributed by atoms with E-state index < -0.39 is 15.3 Å². The van der Waals surface area contributed by atoms with E-state index in [0.717, 1.165) is 57.9 Å². The zero-order valence-electron chi connectivity index (χ0n) is 18.6. The van der Waals surface area contributed by atoms with E-state index in [1.54, 1.807) is 26.2 Å². The van der Waals surface area contributed by atoms with Crippen LogP contribution >= 0.6 is 0 Å². The highest BCUT2D eigenvalue weighted by atomic mass is 32.2. The quantitative estimate of drug-likeness (QED) is 0.420. The molecule has 0 saturated heterocycles. The predicted octanol–water partition coefficient (Wildman–Crippen LogP) is 5.12. The van der Waals surface area contributed by atoms with Gasteiger partial charge in [-0.1, -0.05) is 42.5 Å². The molecule has 2 N–H and O–H groups in total. The van der Waals surface area contributed by atoms with Gasteiger partial charge in [0, 0.05) is 35.1 Å². The van der Waals surface area contributed by atoms with E-state index in [-0.39, 0.29) is 6.04 Å². The summed E-state index contributed by atoms with van der Waals surface area (Å²) in [5.41, 5.74) is 7.05. The molecule has 0 amide bonds. The van der Waals surface area contributed by atoms with Crippen molar-refractivity contribution < 1.29 is 8.42 Å². The molecule has 0 fully saturated rings. The number of benzene rings is 2. The average Bonchev–Trinajstić information content (AvgIpc) is 3.44. The summed E-state index contributed by atoms with van der Waals surface area (Å²) >= 11 is 0. The Morgan fingerprint density at radius 1 is 0.970 bits per heavy atom. The molecule has 5 rings (SSSR count). The zero-order valence-corrected chi connectivity index (χ0v) is 19.4. The van der Waals surface area contributed by atoms with E-state index in [1.165, 1.54) is 0 Å². The summed E-state index contributed by atoms with van der Waals surface area (Å²) in [5, 5.41) is -0.454. The molecule has 6 nitrogen and oxygen atoms in total. The van der Waals surface area contributed by atoms with Crippen LogP contribution in [-0.2, 0) is 16.4 Å². The molecule has 1 unspecified atom stereocenters. The Bertz CT molecular complexity index is 1380. The molecular formula is C26H26N4O2S. The van der Waals surface area contributed by atoms with Gasteiger partial charge in [0.2, 0.25) is 10.0 Å². The minimum absolute atomic E-state index is 0.180. The molecule has 4 aromatic rings. The molecule has 0 saturated carbocycles. The summed E-state index contributed by atoms with van der Waals surface area (Å²) in [6.45, 7) is 3.40. The standard InChI is InChI=1S/C26H26N4O2S/c1-17(2)33(31,32)30-23-11-9-20-16-21(8-10-22(20)23)25-24(18-12-14-27-15-13-18)28-26(29-25)19-6-4-3-5-7-19/h3-8,10,12-17,23,30H,9,11H2,1-2H3,(H,28,29). The second-order valence-corrected chi connectivity index (χ2v) is 10.9. The molecule has 7 heteroatoms. The minimum Gasteiger partial charge on any atom is -0.337 e. The van der Waals surface area contributed by atoms with Crippen LogP contribution in [0.15, 0.2) is 73.1 Å². The lowest BCUT2D eigenvalue weighted by atomic mass is 10.0. The van der Waals surface area contributed by atoms with Crippen LogP contribution in [0.5, 0.6) is 0 Å². The Hall–Kier alpha value is -3.29. The van der Waals surface area contributed by atoms with Crippen molar-refractivity contribution in [1.82, 2.24) is 19.7 Å². The molecule has 0 bridgehead atoms. The van der Waals surface area contributed by atoms with E-state index in [0.29, 0.717) is 0 Å². The van der Waals surface area contributed by atoms with Gasteiger partial charge in [0.05, 0.1) is 16.6 Å². The second-order valence-electron chi connectivity index (χ2n) is 8.63. The third-order valence-electron chi connectivity index (χ3n) is 6.14. The Labute approximate surface area is 194 Å². The van der Waals surface area contributed by atoms with Gasteiger partial charge in [-0.25, -0.2) is 18.1 Å². The fraction of sp³-hybridized carbons (Fsp3) is 0.231. The van der Waals surface area contributed by atoms with E-state index >= 15 is 0 Å². The minimum atomic E-state index is -3.33. The smallest absolute Gasteiger partial charge is 0.214 e. The van der Waals surface area contributed by atoms with E-state index in [4.69, 9.17) is 4.98 Å². The van der Waals surface area contributed by atoms with E-state index in [1.807, 2.05) is 54.6 Å². The van der Waals surface area contributed by atoms with Crippen LogP contribution in [-0.4, -0.2) is 28.6 Å². The fourth-order valence-corrected chi connectivity index (χ4v) is 5.18. The van der Waals surface area contributed by atoms with Crippen molar-refractivity contribution in [3.8, 4) is 33.9 Å². The Kier molecular flexibility index (Phi) is 5.60. The largest absolute Gasteiger partial charge is 0.337 e. The van der Waals surface area contributed by atoms with Gasteiger partial charge in [-0.15, -0.1) is 0 Å². The molecule has 0 aliphatic heterocycles. The lowest BCUT2D eigenvalue weighted by Gasteiger charge is -2.16. The molecule has 0 radical (unpaired) electrons. The summed E-state index contributed by atoms with van der Waals surface area (Å²) < 4.78 is 27.7. The molecule has 1 aliphatic carbocycles. The van der Waals surface area contributed by atoms with Crippen molar-refractivity contribution in [3.05, 3.63) is 84.2 Å². The third kappa shape index (κ3) is 4.21. The number of aryl methyl sites for hydroxylation is 1. The number of rotatable bonds is 6. The molecule has 2 aromatic carbocycles. The van der Waals surface area contributed by atoms with Gasteiger partial charge in [0.25, 0.3) is 0 Å². The first-order chi connectivity index (χ1) is 15.9. The Balaban J connectivity index is 1.55. The first kappa shape index (κ1) is 21.6. The monoisotopic (exact) mass is 458 g/mol. The van der Waals surface area contributed by atoms with Crippen LogP contribution in [0.1, 0.15) is 37.4 Å². The summed E-state index contributed by atoms with van der Waals surface area (Å²) in [6.07, 6.45) is 5.14. The number of sulfonamides is 1. The maximum absolute atomic E-state index is 12.4. The molecule has 2 aromatic heterocycles. The van der Waals surface area contributed by atoms with Crippen molar-refractivity contribution in [2.45, 2.75) is 38.0 Å².